The van der Waals surface area contributed by atoms with Gasteiger partial charge in [-0.1, -0.05) is 32.1 Å². The zero-order valence-corrected chi connectivity index (χ0v) is 11.2. The van der Waals surface area contributed by atoms with Crippen molar-refractivity contribution in [3.05, 3.63) is 0 Å². The number of aliphatic carboxylic acids is 1. The van der Waals surface area contributed by atoms with Gasteiger partial charge in [0.2, 0.25) is 5.91 Å². The summed E-state index contributed by atoms with van der Waals surface area (Å²) in [6, 6.07) is -1.72. The van der Waals surface area contributed by atoms with Crippen LogP contribution in [-0.2, 0) is 9.59 Å². The van der Waals surface area contributed by atoms with Gasteiger partial charge < -0.3 is 21.3 Å². The molecule has 0 heterocycles. The minimum absolute atomic E-state index is 0.140. The molecule has 0 radical (unpaired) electrons. The number of carbonyl (C=O) groups excluding carboxylic acids is 1. The lowest BCUT2D eigenvalue weighted by Crippen LogP contribution is -2.49. The van der Waals surface area contributed by atoms with Crippen molar-refractivity contribution in [2.75, 3.05) is 6.61 Å². The highest BCUT2D eigenvalue weighted by Crippen LogP contribution is 2.27. The first-order valence-corrected chi connectivity index (χ1v) is 6.94. The monoisotopic (exact) mass is 272 g/mol. The Labute approximate surface area is 113 Å². The number of hydrogen-bond acceptors (Lipinski definition) is 4. The molecule has 0 aliphatic heterocycles. The molecule has 1 fully saturated rings. The van der Waals surface area contributed by atoms with E-state index in [2.05, 4.69) is 5.32 Å². The fourth-order valence-corrected chi connectivity index (χ4v) is 2.53. The van der Waals surface area contributed by atoms with Crippen LogP contribution < -0.4 is 11.1 Å². The number of aliphatic hydroxyl groups is 1. The molecule has 2 atom stereocenters. The second-order valence-corrected chi connectivity index (χ2v) is 5.26. The van der Waals surface area contributed by atoms with Gasteiger partial charge in [0.05, 0.1) is 6.04 Å². The number of carbonyl (C=O) groups is 2. The minimum Gasteiger partial charge on any atom is -0.480 e. The third-order valence-corrected chi connectivity index (χ3v) is 3.69. The number of amides is 1. The van der Waals surface area contributed by atoms with Crippen LogP contribution in [-0.4, -0.2) is 40.8 Å². The molecule has 0 aromatic heterocycles. The fourth-order valence-electron chi connectivity index (χ4n) is 2.53. The summed E-state index contributed by atoms with van der Waals surface area (Å²) in [6.07, 6.45) is 6.14. The number of rotatable bonds is 7. The topological polar surface area (TPSA) is 113 Å². The van der Waals surface area contributed by atoms with Gasteiger partial charge in [0.15, 0.2) is 0 Å². The third-order valence-electron chi connectivity index (χ3n) is 3.69. The van der Waals surface area contributed by atoms with Crippen molar-refractivity contribution >= 4 is 11.9 Å². The predicted molar refractivity (Wildman–Crippen MR) is 70.4 cm³/mol. The molecule has 110 valence electrons. The van der Waals surface area contributed by atoms with Crippen molar-refractivity contribution in [3.8, 4) is 0 Å². The zero-order valence-electron chi connectivity index (χ0n) is 11.2. The molecule has 0 unspecified atom stereocenters. The standard InChI is InChI=1S/C13H24N2O4/c14-10(6-7-16)12(17)15-11(13(18)19)8-9-4-2-1-3-5-9/h9-11,16H,1-8,14H2,(H,15,17)(H,18,19)/t10-,11-/m0/s1. The smallest absolute Gasteiger partial charge is 0.326 e. The predicted octanol–water partition coefficient (Wildman–Crippen LogP) is 0.236. The van der Waals surface area contributed by atoms with Crippen LogP contribution in [0, 0.1) is 5.92 Å². The number of carboxylic acid groups (broad SMARTS) is 1. The highest BCUT2D eigenvalue weighted by Gasteiger charge is 2.26. The van der Waals surface area contributed by atoms with Gasteiger partial charge in [0, 0.05) is 6.61 Å². The molecule has 0 bridgehead atoms. The van der Waals surface area contributed by atoms with Crippen molar-refractivity contribution in [2.45, 2.75) is 57.0 Å². The molecule has 0 aromatic rings. The van der Waals surface area contributed by atoms with E-state index in [0.717, 1.165) is 25.7 Å². The van der Waals surface area contributed by atoms with E-state index in [1.54, 1.807) is 0 Å². The van der Waals surface area contributed by atoms with Crippen LogP contribution in [0.1, 0.15) is 44.9 Å². The maximum Gasteiger partial charge on any atom is 0.326 e. The zero-order chi connectivity index (χ0) is 14.3. The second kappa shape index (κ2) is 8.12. The summed E-state index contributed by atoms with van der Waals surface area (Å²) in [7, 11) is 0. The molecule has 5 N–H and O–H groups in total. The summed E-state index contributed by atoms with van der Waals surface area (Å²) in [5.74, 6) is -1.16. The summed E-state index contributed by atoms with van der Waals surface area (Å²) in [5.41, 5.74) is 5.54. The maximum absolute atomic E-state index is 11.7. The summed E-state index contributed by atoms with van der Waals surface area (Å²) < 4.78 is 0. The number of nitrogens with two attached hydrogens (primary N) is 1. The molecule has 6 nitrogen and oxygen atoms in total. The van der Waals surface area contributed by atoms with Gasteiger partial charge in [-0.3, -0.25) is 4.79 Å². The average Bonchev–Trinajstić information content (AvgIpc) is 2.39. The van der Waals surface area contributed by atoms with Gasteiger partial charge in [-0.25, -0.2) is 4.79 Å². The van der Waals surface area contributed by atoms with Crippen LogP contribution in [0.2, 0.25) is 0 Å². The van der Waals surface area contributed by atoms with Gasteiger partial charge >= 0.3 is 5.97 Å². The highest BCUT2D eigenvalue weighted by atomic mass is 16.4. The van der Waals surface area contributed by atoms with E-state index in [4.69, 9.17) is 15.9 Å². The second-order valence-electron chi connectivity index (χ2n) is 5.26. The molecule has 1 amide bonds. The van der Waals surface area contributed by atoms with Crippen LogP contribution in [0.15, 0.2) is 0 Å². The normalized spacial score (nSPS) is 19.7. The van der Waals surface area contributed by atoms with Gasteiger partial charge in [-0.2, -0.15) is 0 Å². The Morgan fingerprint density at radius 1 is 1.26 bits per heavy atom. The van der Waals surface area contributed by atoms with Crippen LogP contribution in [0.3, 0.4) is 0 Å². The molecule has 1 aliphatic rings. The molecular weight excluding hydrogens is 248 g/mol. The molecular formula is C13H24N2O4. The summed E-state index contributed by atoms with van der Waals surface area (Å²) in [5, 5.41) is 20.3. The molecule has 6 heteroatoms. The van der Waals surface area contributed by atoms with Gasteiger partial charge in [0.1, 0.15) is 6.04 Å². The summed E-state index contributed by atoms with van der Waals surface area (Å²) in [4.78, 5) is 22.9. The quantitative estimate of drug-likeness (QED) is 0.530. The third kappa shape index (κ3) is 5.57. The Kier molecular flexibility index (Phi) is 6.80. The molecule has 19 heavy (non-hydrogen) atoms. The SMILES string of the molecule is N[C@@H](CCO)C(=O)N[C@@H](CC1CCCCC1)C(=O)O. The van der Waals surface area contributed by atoms with Crippen molar-refractivity contribution in [2.24, 2.45) is 11.7 Å². The molecule has 1 rings (SSSR count). The van der Waals surface area contributed by atoms with Crippen molar-refractivity contribution in [1.29, 1.82) is 0 Å². The number of aliphatic hydroxyl groups excluding tert-OH is 1. The lowest BCUT2D eigenvalue weighted by molar-refractivity contribution is -0.142. The molecule has 0 saturated heterocycles. The summed E-state index contributed by atoms with van der Waals surface area (Å²) in [6.45, 7) is -0.186. The molecule has 0 aromatic carbocycles. The van der Waals surface area contributed by atoms with E-state index >= 15 is 0 Å². The first-order valence-electron chi connectivity index (χ1n) is 6.94. The van der Waals surface area contributed by atoms with Crippen LogP contribution >= 0.6 is 0 Å². The lowest BCUT2D eigenvalue weighted by Gasteiger charge is -2.25. The Bertz CT molecular complexity index is 303. The number of nitrogens with one attached hydrogen (secondary N) is 1. The van der Waals surface area contributed by atoms with Crippen LogP contribution in [0.4, 0.5) is 0 Å². The van der Waals surface area contributed by atoms with E-state index in [0.29, 0.717) is 12.3 Å². The average molecular weight is 272 g/mol. The molecule has 1 saturated carbocycles. The number of carboxylic acids is 1. The largest absolute Gasteiger partial charge is 0.480 e. The van der Waals surface area contributed by atoms with E-state index in [-0.39, 0.29) is 13.0 Å². The first kappa shape index (κ1) is 15.9. The highest BCUT2D eigenvalue weighted by molar-refractivity contribution is 5.86. The molecule has 0 spiro atoms. The lowest BCUT2D eigenvalue weighted by atomic mass is 9.85. The van der Waals surface area contributed by atoms with E-state index < -0.39 is 24.0 Å². The van der Waals surface area contributed by atoms with Crippen LogP contribution in [0.25, 0.3) is 0 Å². The Balaban J connectivity index is 2.47. The fraction of sp³-hybridized carbons (Fsp3) is 0.846. The van der Waals surface area contributed by atoms with Crippen molar-refractivity contribution in [3.63, 3.8) is 0 Å². The molecule has 1 aliphatic carbocycles. The van der Waals surface area contributed by atoms with Crippen LogP contribution in [0.5, 0.6) is 0 Å². The Hall–Kier alpha value is -1.14. The van der Waals surface area contributed by atoms with E-state index in [1.165, 1.54) is 6.42 Å². The van der Waals surface area contributed by atoms with Crippen molar-refractivity contribution < 1.29 is 19.8 Å². The van der Waals surface area contributed by atoms with E-state index in [9.17, 15) is 9.59 Å². The summed E-state index contributed by atoms with van der Waals surface area (Å²) >= 11 is 0. The van der Waals surface area contributed by atoms with Crippen molar-refractivity contribution in [1.82, 2.24) is 5.32 Å². The Morgan fingerprint density at radius 3 is 2.42 bits per heavy atom. The van der Waals surface area contributed by atoms with Gasteiger partial charge in [-0.15, -0.1) is 0 Å². The maximum atomic E-state index is 11.7. The Morgan fingerprint density at radius 2 is 1.89 bits per heavy atom. The van der Waals surface area contributed by atoms with Gasteiger partial charge in [0.25, 0.3) is 0 Å². The van der Waals surface area contributed by atoms with Gasteiger partial charge in [-0.05, 0) is 18.8 Å². The first-order chi connectivity index (χ1) is 9.04. The minimum atomic E-state index is -1.02. The van der Waals surface area contributed by atoms with E-state index in [1.807, 2.05) is 0 Å². The number of hydrogen-bond donors (Lipinski definition) is 4.